The van der Waals surface area contributed by atoms with Crippen LogP contribution in [0.4, 0.5) is 0 Å². The summed E-state index contributed by atoms with van der Waals surface area (Å²) in [6.07, 6.45) is 1.51. The molecule has 0 saturated heterocycles. The van der Waals surface area contributed by atoms with Gasteiger partial charge in [-0.2, -0.15) is 0 Å². The van der Waals surface area contributed by atoms with Gasteiger partial charge in [0, 0.05) is 12.1 Å². The van der Waals surface area contributed by atoms with Gasteiger partial charge in [-0.1, -0.05) is 17.3 Å². The van der Waals surface area contributed by atoms with Crippen LogP contribution in [0.2, 0.25) is 0 Å². The molecule has 102 valence electrons. The molecule has 0 aliphatic carbocycles. The van der Waals surface area contributed by atoms with Crippen LogP contribution < -0.4 is 4.72 Å². The highest BCUT2D eigenvalue weighted by molar-refractivity contribution is 7.89. The summed E-state index contributed by atoms with van der Waals surface area (Å²) in [7, 11) is -3.53. The molecule has 1 heterocycles. The molecular formula is C13H16N2O3S. The normalized spacial score (nSPS) is 11.7. The zero-order chi connectivity index (χ0) is 14.0. The van der Waals surface area contributed by atoms with Gasteiger partial charge in [-0.3, -0.25) is 0 Å². The highest BCUT2D eigenvalue weighted by Crippen LogP contribution is 2.17. The molecular weight excluding hydrogens is 264 g/mol. The maximum absolute atomic E-state index is 12.2. The summed E-state index contributed by atoms with van der Waals surface area (Å²) in [5, 5.41) is 3.62. The summed E-state index contributed by atoms with van der Waals surface area (Å²) in [6, 6.07) is 5.35. The van der Waals surface area contributed by atoms with E-state index in [2.05, 4.69) is 9.88 Å². The van der Waals surface area contributed by atoms with Crippen LogP contribution in [-0.2, 0) is 16.6 Å². The second-order valence-corrected chi connectivity index (χ2v) is 6.24. The lowest BCUT2D eigenvalue weighted by Crippen LogP contribution is -2.24. The summed E-state index contributed by atoms with van der Waals surface area (Å²) >= 11 is 0. The molecule has 0 atom stereocenters. The maximum Gasteiger partial charge on any atom is 0.241 e. The molecule has 0 bridgehead atoms. The van der Waals surface area contributed by atoms with Crippen molar-refractivity contribution < 1.29 is 12.9 Å². The third-order valence-electron chi connectivity index (χ3n) is 2.94. The lowest BCUT2D eigenvalue weighted by molar-refractivity contribution is 0.396. The Morgan fingerprint density at radius 1 is 1.26 bits per heavy atom. The molecule has 19 heavy (non-hydrogen) atoms. The second-order valence-electron chi connectivity index (χ2n) is 4.50. The Hall–Kier alpha value is -1.66. The van der Waals surface area contributed by atoms with Crippen molar-refractivity contribution in [2.24, 2.45) is 0 Å². The summed E-state index contributed by atoms with van der Waals surface area (Å²) in [4.78, 5) is 0.307. The van der Waals surface area contributed by atoms with Gasteiger partial charge in [0.15, 0.2) is 0 Å². The highest BCUT2D eigenvalue weighted by atomic mass is 32.2. The molecule has 6 heteroatoms. The fourth-order valence-electron chi connectivity index (χ4n) is 1.74. The monoisotopic (exact) mass is 280 g/mol. The van der Waals surface area contributed by atoms with Crippen molar-refractivity contribution in [1.82, 2.24) is 9.88 Å². The molecule has 2 rings (SSSR count). The molecule has 1 aromatic heterocycles. The number of aromatic nitrogens is 1. The standard InChI is InChI=1S/C13H16N2O3S/c1-9-4-5-10(2)13(6-9)19(16,17)15-8-12-7-14-18-11(12)3/h4-7,15H,8H2,1-3H3. The second kappa shape index (κ2) is 5.14. The topological polar surface area (TPSA) is 72.2 Å². The molecule has 0 unspecified atom stereocenters. The molecule has 0 radical (unpaired) electrons. The van der Waals surface area contributed by atoms with E-state index in [0.717, 1.165) is 16.7 Å². The largest absolute Gasteiger partial charge is 0.361 e. The van der Waals surface area contributed by atoms with Gasteiger partial charge in [-0.15, -0.1) is 0 Å². The van der Waals surface area contributed by atoms with Crippen molar-refractivity contribution in [1.29, 1.82) is 0 Å². The first-order valence-corrected chi connectivity index (χ1v) is 7.35. The van der Waals surface area contributed by atoms with Gasteiger partial charge < -0.3 is 4.52 Å². The number of aryl methyl sites for hydroxylation is 3. The Labute approximate surface area is 112 Å². The van der Waals surface area contributed by atoms with E-state index in [9.17, 15) is 8.42 Å². The number of hydrogen-bond acceptors (Lipinski definition) is 4. The van der Waals surface area contributed by atoms with Gasteiger partial charge in [0.1, 0.15) is 5.76 Å². The van der Waals surface area contributed by atoms with Gasteiger partial charge in [0.05, 0.1) is 11.1 Å². The Morgan fingerprint density at radius 3 is 2.63 bits per heavy atom. The summed E-state index contributed by atoms with van der Waals surface area (Å²) in [6.45, 7) is 5.56. The van der Waals surface area contributed by atoms with Gasteiger partial charge in [-0.05, 0) is 38.0 Å². The van der Waals surface area contributed by atoms with Crippen molar-refractivity contribution >= 4 is 10.0 Å². The molecule has 2 aromatic rings. The Bertz CT molecular complexity index is 690. The van der Waals surface area contributed by atoms with E-state index in [1.54, 1.807) is 26.0 Å². The molecule has 0 fully saturated rings. The van der Waals surface area contributed by atoms with E-state index >= 15 is 0 Å². The summed E-state index contributed by atoms with van der Waals surface area (Å²) in [5.74, 6) is 0.615. The number of rotatable bonds is 4. The van der Waals surface area contributed by atoms with Gasteiger partial charge >= 0.3 is 0 Å². The van der Waals surface area contributed by atoms with E-state index in [1.807, 2.05) is 13.0 Å². The minimum absolute atomic E-state index is 0.172. The van der Waals surface area contributed by atoms with Crippen LogP contribution in [0.1, 0.15) is 22.5 Å². The lowest BCUT2D eigenvalue weighted by atomic mass is 10.2. The van der Waals surface area contributed by atoms with E-state index in [-0.39, 0.29) is 6.54 Å². The minimum atomic E-state index is -3.53. The van der Waals surface area contributed by atoms with Crippen molar-refractivity contribution in [2.75, 3.05) is 0 Å². The SMILES string of the molecule is Cc1ccc(C)c(S(=O)(=O)NCc2cnoc2C)c1. The molecule has 0 aliphatic rings. The van der Waals surface area contributed by atoms with Crippen LogP contribution >= 0.6 is 0 Å². The molecule has 0 amide bonds. The van der Waals surface area contributed by atoms with Crippen molar-refractivity contribution in [3.8, 4) is 0 Å². The van der Waals surface area contributed by atoms with Crippen molar-refractivity contribution in [2.45, 2.75) is 32.2 Å². The molecule has 1 aromatic carbocycles. The molecule has 5 nitrogen and oxygen atoms in total. The van der Waals surface area contributed by atoms with E-state index < -0.39 is 10.0 Å². The number of hydrogen-bond donors (Lipinski definition) is 1. The Morgan fingerprint density at radius 2 is 2.00 bits per heavy atom. The third kappa shape index (κ3) is 3.02. The fraction of sp³-hybridized carbons (Fsp3) is 0.308. The van der Waals surface area contributed by atoms with Crippen LogP contribution in [0.25, 0.3) is 0 Å². The van der Waals surface area contributed by atoms with E-state index in [0.29, 0.717) is 10.7 Å². The van der Waals surface area contributed by atoms with Crippen LogP contribution in [-0.4, -0.2) is 13.6 Å². The lowest BCUT2D eigenvalue weighted by Gasteiger charge is -2.09. The number of nitrogens with zero attached hydrogens (tertiary/aromatic N) is 1. The van der Waals surface area contributed by atoms with Crippen molar-refractivity contribution in [3.63, 3.8) is 0 Å². The van der Waals surface area contributed by atoms with E-state index in [1.165, 1.54) is 6.20 Å². The zero-order valence-corrected chi connectivity index (χ0v) is 11.9. The predicted molar refractivity (Wildman–Crippen MR) is 71.2 cm³/mol. The van der Waals surface area contributed by atoms with E-state index in [4.69, 9.17) is 4.52 Å². The Balaban J connectivity index is 2.23. The summed E-state index contributed by atoms with van der Waals surface area (Å²) in [5.41, 5.74) is 2.36. The van der Waals surface area contributed by atoms with Gasteiger partial charge in [0.2, 0.25) is 10.0 Å². The van der Waals surface area contributed by atoms with Gasteiger partial charge in [-0.25, -0.2) is 13.1 Å². The van der Waals surface area contributed by atoms with Gasteiger partial charge in [0.25, 0.3) is 0 Å². The first-order chi connectivity index (χ1) is 8.90. The quantitative estimate of drug-likeness (QED) is 0.930. The average molecular weight is 280 g/mol. The van der Waals surface area contributed by atoms with Crippen molar-refractivity contribution in [3.05, 3.63) is 46.8 Å². The molecule has 1 N–H and O–H groups in total. The van der Waals surface area contributed by atoms with Crippen LogP contribution in [0, 0.1) is 20.8 Å². The summed E-state index contributed by atoms with van der Waals surface area (Å²) < 4.78 is 32.0. The first-order valence-electron chi connectivity index (χ1n) is 5.87. The first kappa shape index (κ1) is 13.8. The predicted octanol–water partition coefficient (Wildman–Crippen LogP) is 2.08. The molecule has 0 spiro atoms. The highest BCUT2D eigenvalue weighted by Gasteiger charge is 2.17. The smallest absolute Gasteiger partial charge is 0.241 e. The number of nitrogens with one attached hydrogen (secondary N) is 1. The fourth-order valence-corrected chi connectivity index (χ4v) is 3.07. The molecule has 0 saturated carbocycles. The zero-order valence-electron chi connectivity index (χ0n) is 11.1. The maximum atomic E-state index is 12.2. The average Bonchev–Trinajstić information content (AvgIpc) is 2.75. The van der Waals surface area contributed by atoms with Crippen LogP contribution in [0.3, 0.4) is 0 Å². The Kier molecular flexibility index (Phi) is 3.73. The third-order valence-corrected chi connectivity index (χ3v) is 4.48. The van der Waals surface area contributed by atoms with Crippen LogP contribution in [0.5, 0.6) is 0 Å². The molecule has 0 aliphatic heterocycles. The number of sulfonamides is 1. The van der Waals surface area contributed by atoms with Crippen LogP contribution in [0.15, 0.2) is 33.8 Å². The minimum Gasteiger partial charge on any atom is -0.361 e. The number of benzene rings is 1.